The van der Waals surface area contributed by atoms with Gasteiger partial charge in [0.2, 0.25) is 0 Å². The molecule has 1 aromatic heterocycles. The number of hydrogen-bond donors (Lipinski definition) is 1. The first-order valence-electron chi connectivity index (χ1n) is 9.46. The van der Waals surface area contributed by atoms with Crippen LogP contribution in [0.2, 0.25) is 0 Å². The van der Waals surface area contributed by atoms with E-state index < -0.39 is 0 Å². The molecule has 2 aromatic rings. The van der Waals surface area contributed by atoms with Crippen LogP contribution in [0.3, 0.4) is 0 Å². The molecule has 1 spiro atoms. The molecule has 0 radical (unpaired) electrons. The molecule has 0 unspecified atom stereocenters. The van der Waals surface area contributed by atoms with E-state index >= 15 is 0 Å². The summed E-state index contributed by atoms with van der Waals surface area (Å²) in [5.74, 6) is 1.81. The lowest BCUT2D eigenvalue weighted by atomic mass is 9.84. The van der Waals surface area contributed by atoms with Crippen LogP contribution in [0, 0.1) is 6.92 Å². The Morgan fingerprint density at radius 1 is 1.15 bits per heavy atom. The molecule has 3 heterocycles. The van der Waals surface area contributed by atoms with E-state index in [1.54, 1.807) is 0 Å². The van der Waals surface area contributed by atoms with Crippen molar-refractivity contribution in [3.8, 4) is 11.3 Å². The molecule has 5 heteroatoms. The number of piperidine rings is 1. The van der Waals surface area contributed by atoms with Gasteiger partial charge in [0.1, 0.15) is 11.5 Å². The van der Waals surface area contributed by atoms with E-state index in [1.165, 1.54) is 0 Å². The fourth-order valence-electron chi connectivity index (χ4n) is 4.25. The molecule has 0 atom stereocenters. The summed E-state index contributed by atoms with van der Waals surface area (Å²) in [6.07, 6.45) is 2.19. The van der Waals surface area contributed by atoms with Crippen LogP contribution >= 0.6 is 0 Å². The number of piperazine rings is 1. The quantitative estimate of drug-likeness (QED) is 0.902. The minimum Gasteiger partial charge on any atom is -0.461 e. The number of nitrogens with one attached hydrogen (secondary N) is 1. The first kappa shape index (κ1) is 17.3. The maximum atomic E-state index is 13.2. The van der Waals surface area contributed by atoms with E-state index in [9.17, 15) is 4.79 Å². The van der Waals surface area contributed by atoms with Crippen LogP contribution in [0.5, 0.6) is 0 Å². The summed E-state index contributed by atoms with van der Waals surface area (Å²) < 4.78 is 5.72. The number of carbonyl (C=O) groups is 1. The molecule has 1 aromatic carbocycles. The highest BCUT2D eigenvalue weighted by molar-refractivity contribution is 5.95. The second-order valence-corrected chi connectivity index (χ2v) is 7.61. The third-order valence-electron chi connectivity index (χ3n) is 5.96. The van der Waals surface area contributed by atoms with Crippen LogP contribution in [0.4, 0.5) is 0 Å². The van der Waals surface area contributed by atoms with E-state index in [1.807, 2.05) is 48.2 Å². The molecule has 26 heavy (non-hydrogen) atoms. The molecule has 5 nitrogen and oxygen atoms in total. The van der Waals surface area contributed by atoms with E-state index in [4.69, 9.17) is 4.42 Å². The van der Waals surface area contributed by atoms with Gasteiger partial charge in [-0.05, 0) is 64.2 Å². The number of aryl methyl sites for hydroxylation is 1. The van der Waals surface area contributed by atoms with Gasteiger partial charge >= 0.3 is 0 Å². The Bertz CT molecular complexity index is 792. The Kier molecular flexibility index (Phi) is 4.59. The van der Waals surface area contributed by atoms with Gasteiger partial charge in [0.25, 0.3) is 5.91 Å². The highest BCUT2D eigenvalue weighted by Gasteiger charge is 2.41. The number of benzene rings is 1. The Morgan fingerprint density at radius 3 is 2.69 bits per heavy atom. The van der Waals surface area contributed by atoms with Crippen molar-refractivity contribution in [3.05, 3.63) is 47.7 Å². The second-order valence-electron chi connectivity index (χ2n) is 7.61. The van der Waals surface area contributed by atoms with Gasteiger partial charge in [-0.1, -0.05) is 12.1 Å². The molecule has 2 saturated heterocycles. The Labute approximate surface area is 155 Å². The zero-order valence-corrected chi connectivity index (χ0v) is 15.6. The molecule has 2 aliphatic heterocycles. The smallest absolute Gasteiger partial charge is 0.253 e. The number of nitrogens with zero attached hydrogens (tertiary/aromatic N) is 2. The fourth-order valence-corrected chi connectivity index (χ4v) is 4.25. The summed E-state index contributed by atoms with van der Waals surface area (Å²) in [6.45, 7) is 6.52. The van der Waals surface area contributed by atoms with Crippen molar-refractivity contribution in [3.63, 3.8) is 0 Å². The normalized spacial score (nSPS) is 20.5. The number of furan rings is 1. The van der Waals surface area contributed by atoms with Crippen molar-refractivity contribution in [2.75, 3.05) is 39.8 Å². The molecule has 2 fully saturated rings. The number of carbonyl (C=O) groups excluding carboxylic acids is 1. The van der Waals surface area contributed by atoms with Gasteiger partial charge in [-0.15, -0.1) is 0 Å². The molecule has 0 bridgehead atoms. The van der Waals surface area contributed by atoms with Crippen LogP contribution in [-0.4, -0.2) is 61.0 Å². The second kappa shape index (κ2) is 6.89. The van der Waals surface area contributed by atoms with Gasteiger partial charge in [0, 0.05) is 36.3 Å². The highest BCUT2D eigenvalue weighted by atomic mass is 16.3. The highest BCUT2D eigenvalue weighted by Crippen LogP contribution is 2.30. The van der Waals surface area contributed by atoms with Crippen molar-refractivity contribution in [1.29, 1.82) is 0 Å². The molecule has 1 amide bonds. The summed E-state index contributed by atoms with van der Waals surface area (Å²) >= 11 is 0. The SMILES string of the molecule is Cc1ccc(-c2cccc(C(=O)N3CCN(C)C4(CCNCC4)C3)c2)o1. The van der Waals surface area contributed by atoms with E-state index in [2.05, 4.69) is 17.3 Å². The van der Waals surface area contributed by atoms with Crippen LogP contribution in [0.15, 0.2) is 40.8 Å². The number of likely N-dealkylation sites (N-methyl/N-ethyl adjacent to an activating group) is 1. The molecule has 2 aliphatic rings. The Hall–Kier alpha value is -2.11. The largest absolute Gasteiger partial charge is 0.461 e. The minimum atomic E-state index is 0.120. The lowest BCUT2D eigenvalue weighted by Crippen LogP contribution is -2.64. The average Bonchev–Trinajstić information content (AvgIpc) is 3.11. The molecule has 1 N–H and O–H groups in total. The third kappa shape index (κ3) is 3.17. The van der Waals surface area contributed by atoms with Crippen LogP contribution in [0.25, 0.3) is 11.3 Å². The summed E-state index contributed by atoms with van der Waals surface area (Å²) in [6, 6.07) is 11.7. The predicted molar refractivity (Wildman–Crippen MR) is 102 cm³/mol. The molecular formula is C21H27N3O2. The van der Waals surface area contributed by atoms with Crippen LogP contribution in [-0.2, 0) is 0 Å². The van der Waals surface area contributed by atoms with E-state index in [0.29, 0.717) is 0 Å². The van der Waals surface area contributed by atoms with Gasteiger partial charge in [0.15, 0.2) is 0 Å². The Balaban J connectivity index is 1.56. The van der Waals surface area contributed by atoms with Crippen molar-refractivity contribution in [2.45, 2.75) is 25.3 Å². The van der Waals surface area contributed by atoms with Crippen molar-refractivity contribution in [2.24, 2.45) is 0 Å². The van der Waals surface area contributed by atoms with Gasteiger partial charge in [-0.2, -0.15) is 0 Å². The van der Waals surface area contributed by atoms with Crippen molar-refractivity contribution < 1.29 is 9.21 Å². The first-order chi connectivity index (χ1) is 12.6. The monoisotopic (exact) mass is 353 g/mol. The molecule has 4 rings (SSSR count). The van der Waals surface area contributed by atoms with E-state index in [0.717, 1.165) is 68.2 Å². The maximum absolute atomic E-state index is 13.2. The summed E-state index contributed by atoms with van der Waals surface area (Å²) in [7, 11) is 2.20. The minimum absolute atomic E-state index is 0.120. The van der Waals surface area contributed by atoms with E-state index in [-0.39, 0.29) is 11.4 Å². The van der Waals surface area contributed by atoms with Gasteiger partial charge in [0.05, 0.1) is 0 Å². The van der Waals surface area contributed by atoms with Crippen LogP contribution < -0.4 is 5.32 Å². The maximum Gasteiger partial charge on any atom is 0.253 e. The average molecular weight is 353 g/mol. The lowest BCUT2D eigenvalue weighted by molar-refractivity contribution is -0.000975. The molecule has 138 valence electrons. The standard InChI is InChI=1S/C21H27N3O2/c1-16-6-7-19(26-16)17-4-3-5-18(14-17)20(25)24-13-12-23(2)21(15-24)8-10-22-11-9-21/h3-7,14,22H,8-13,15H2,1-2H3. The third-order valence-corrected chi connectivity index (χ3v) is 5.96. The summed E-state index contributed by atoms with van der Waals surface area (Å²) in [5.41, 5.74) is 1.81. The zero-order valence-electron chi connectivity index (χ0n) is 15.6. The molecular weight excluding hydrogens is 326 g/mol. The van der Waals surface area contributed by atoms with Gasteiger partial charge in [-0.25, -0.2) is 0 Å². The van der Waals surface area contributed by atoms with Gasteiger partial charge in [-0.3, -0.25) is 9.69 Å². The fraction of sp³-hybridized carbons (Fsp3) is 0.476. The lowest BCUT2D eigenvalue weighted by Gasteiger charge is -2.51. The van der Waals surface area contributed by atoms with Crippen molar-refractivity contribution in [1.82, 2.24) is 15.1 Å². The van der Waals surface area contributed by atoms with Crippen LogP contribution in [0.1, 0.15) is 29.0 Å². The van der Waals surface area contributed by atoms with Gasteiger partial charge < -0.3 is 14.6 Å². The summed E-state index contributed by atoms with van der Waals surface area (Å²) in [5, 5.41) is 3.44. The molecule has 0 saturated carbocycles. The van der Waals surface area contributed by atoms with Crippen molar-refractivity contribution >= 4 is 5.91 Å². The predicted octanol–water partition coefficient (Wildman–Crippen LogP) is 2.76. The number of hydrogen-bond acceptors (Lipinski definition) is 4. The summed E-state index contributed by atoms with van der Waals surface area (Å²) in [4.78, 5) is 17.7. The zero-order chi connectivity index (χ0) is 18.1. The molecule has 0 aliphatic carbocycles. The topological polar surface area (TPSA) is 48.7 Å². The number of amides is 1. The first-order valence-corrected chi connectivity index (χ1v) is 9.46. The Morgan fingerprint density at radius 2 is 1.96 bits per heavy atom. The number of rotatable bonds is 2.